The van der Waals surface area contributed by atoms with Gasteiger partial charge in [-0.05, 0) is 6.42 Å². The van der Waals surface area contributed by atoms with E-state index in [1.807, 2.05) is 12.3 Å². The molecule has 1 rings (SSSR count). The standard InChI is InChI=1S/C6H9N3/c1-2-3-5-9-6-4-7-8-9/h3-6H,2H2,1H3/b5-3+. The summed E-state index contributed by atoms with van der Waals surface area (Å²) in [6.07, 6.45) is 8.38. The number of hydrogen-bond acceptors (Lipinski definition) is 2. The first kappa shape index (κ1) is 6.01. The number of aromatic nitrogens is 3. The van der Waals surface area contributed by atoms with Gasteiger partial charge in [0.2, 0.25) is 0 Å². The quantitative estimate of drug-likeness (QED) is 0.590. The van der Waals surface area contributed by atoms with E-state index in [0.717, 1.165) is 6.42 Å². The fraction of sp³-hybridized carbons (Fsp3) is 0.333. The van der Waals surface area contributed by atoms with E-state index in [-0.39, 0.29) is 0 Å². The van der Waals surface area contributed by atoms with Crippen LogP contribution < -0.4 is 0 Å². The molecule has 0 bridgehead atoms. The average Bonchev–Trinajstić information content (AvgIpc) is 2.34. The van der Waals surface area contributed by atoms with Crippen LogP contribution in [0.15, 0.2) is 18.5 Å². The summed E-state index contributed by atoms with van der Waals surface area (Å²) in [6.45, 7) is 2.08. The molecule has 0 saturated heterocycles. The van der Waals surface area contributed by atoms with Crippen LogP contribution >= 0.6 is 0 Å². The lowest BCUT2D eigenvalue weighted by molar-refractivity contribution is 0.838. The highest BCUT2D eigenvalue weighted by Gasteiger charge is 1.78. The minimum absolute atomic E-state index is 1.03. The lowest BCUT2D eigenvalue weighted by Crippen LogP contribution is -1.85. The zero-order chi connectivity index (χ0) is 6.53. The fourth-order valence-corrected chi connectivity index (χ4v) is 0.510. The predicted octanol–water partition coefficient (Wildman–Crippen LogP) is 1.16. The van der Waals surface area contributed by atoms with Crippen LogP contribution in [0.4, 0.5) is 0 Å². The molecule has 0 spiro atoms. The molecule has 0 aromatic carbocycles. The van der Waals surface area contributed by atoms with Crippen molar-refractivity contribution in [3.8, 4) is 0 Å². The fourth-order valence-electron chi connectivity index (χ4n) is 0.510. The van der Waals surface area contributed by atoms with Gasteiger partial charge in [-0.25, -0.2) is 4.68 Å². The number of hydrogen-bond donors (Lipinski definition) is 0. The van der Waals surface area contributed by atoms with Crippen molar-refractivity contribution in [2.75, 3.05) is 0 Å². The van der Waals surface area contributed by atoms with Gasteiger partial charge in [-0.1, -0.05) is 18.2 Å². The van der Waals surface area contributed by atoms with Gasteiger partial charge >= 0.3 is 0 Å². The molecule has 0 unspecified atom stereocenters. The first-order chi connectivity index (χ1) is 4.43. The van der Waals surface area contributed by atoms with Crippen molar-refractivity contribution < 1.29 is 0 Å². The zero-order valence-electron chi connectivity index (χ0n) is 5.36. The predicted molar refractivity (Wildman–Crippen MR) is 35.6 cm³/mol. The van der Waals surface area contributed by atoms with E-state index in [0.29, 0.717) is 0 Å². The summed E-state index contributed by atoms with van der Waals surface area (Å²) in [5, 5.41) is 7.37. The summed E-state index contributed by atoms with van der Waals surface area (Å²) >= 11 is 0. The Morgan fingerprint density at radius 1 is 1.67 bits per heavy atom. The van der Waals surface area contributed by atoms with Crippen LogP contribution in [0.1, 0.15) is 13.3 Å². The van der Waals surface area contributed by atoms with E-state index in [9.17, 15) is 0 Å². The van der Waals surface area contributed by atoms with E-state index in [1.165, 1.54) is 0 Å². The lowest BCUT2D eigenvalue weighted by Gasteiger charge is -1.83. The Hall–Kier alpha value is -1.12. The molecule has 0 aliphatic rings. The van der Waals surface area contributed by atoms with E-state index in [1.54, 1.807) is 17.1 Å². The van der Waals surface area contributed by atoms with Crippen molar-refractivity contribution >= 4 is 6.20 Å². The molecule has 0 aliphatic heterocycles. The van der Waals surface area contributed by atoms with Gasteiger partial charge < -0.3 is 0 Å². The number of rotatable bonds is 2. The Morgan fingerprint density at radius 2 is 2.56 bits per heavy atom. The van der Waals surface area contributed by atoms with Crippen molar-refractivity contribution in [2.45, 2.75) is 13.3 Å². The maximum atomic E-state index is 3.73. The third kappa shape index (κ3) is 1.68. The van der Waals surface area contributed by atoms with Crippen LogP contribution in [0.5, 0.6) is 0 Å². The molecule has 0 radical (unpaired) electrons. The second kappa shape index (κ2) is 3.02. The van der Waals surface area contributed by atoms with Crippen LogP contribution in [0.3, 0.4) is 0 Å². The van der Waals surface area contributed by atoms with E-state index in [2.05, 4.69) is 17.2 Å². The van der Waals surface area contributed by atoms with Crippen LogP contribution in [-0.2, 0) is 0 Å². The van der Waals surface area contributed by atoms with E-state index >= 15 is 0 Å². The molecule has 48 valence electrons. The summed E-state index contributed by atoms with van der Waals surface area (Å²) in [7, 11) is 0. The topological polar surface area (TPSA) is 30.7 Å². The second-order valence-electron chi connectivity index (χ2n) is 1.68. The molecule has 1 aromatic heterocycles. The highest BCUT2D eigenvalue weighted by Crippen LogP contribution is 1.84. The number of allylic oxidation sites excluding steroid dienone is 1. The molecule has 3 heteroatoms. The monoisotopic (exact) mass is 123 g/mol. The highest BCUT2D eigenvalue weighted by atomic mass is 15.4. The van der Waals surface area contributed by atoms with Gasteiger partial charge in [-0.2, -0.15) is 0 Å². The lowest BCUT2D eigenvalue weighted by atomic mass is 10.5. The van der Waals surface area contributed by atoms with Crippen LogP contribution in [0.2, 0.25) is 0 Å². The molecule has 0 N–H and O–H groups in total. The molecule has 0 amide bonds. The van der Waals surface area contributed by atoms with Crippen LogP contribution in [0.25, 0.3) is 6.20 Å². The molecule has 9 heavy (non-hydrogen) atoms. The normalized spacial score (nSPS) is 10.8. The van der Waals surface area contributed by atoms with Gasteiger partial charge in [0.15, 0.2) is 0 Å². The van der Waals surface area contributed by atoms with Gasteiger partial charge in [-0.15, -0.1) is 5.10 Å². The second-order valence-corrected chi connectivity index (χ2v) is 1.68. The minimum Gasteiger partial charge on any atom is -0.228 e. The molecule has 3 nitrogen and oxygen atoms in total. The maximum absolute atomic E-state index is 3.73. The summed E-state index contributed by atoms with van der Waals surface area (Å²) < 4.78 is 1.67. The van der Waals surface area contributed by atoms with Crippen LogP contribution in [0, 0.1) is 0 Å². The average molecular weight is 123 g/mol. The molecule has 0 aliphatic carbocycles. The molecule has 1 aromatic rings. The largest absolute Gasteiger partial charge is 0.228 e. The first-order valence-corrected chi connectivity index (χ1v) is 2.96. The van der Waals surface area contributed by atoms with E-state index in [4.69, 9.17) is 0 Å². The van der Waals surface area contributed by atoms with Crippen molar-refractivity contribution in [3.05, 3.63) is 18.5 Å². The van der Waals surface area contributed by atoms with Crippen molar-refractivity contribution in [1.29, 1.82) is 0 Å². The summed E-state index contributed by atoms with van der Waals surface area (Å²) in [4.78, 5) is 0. The Labute approximate surface area is 54.0 Å². The third-order valence-electron chi connectivity index (χ3n) is 0.935. The van der Waals surface area contributed by atoms with Gasteiger partial charge in [0, 0.05) is 6.20 Å². The Balaban J connectivity index is 2.57. The molecule has 0 saturated carbocycles. The third-order valence-corrected chi connectivity index (χ3v) is 0.935. The minimum atomic E-state index is 1.03. The van der Waals surface area contributed by atoms with Gasteiger partial charge in [0.25, 0.3) is 0 Å². The van der Waals surface area contributed by atoms with Gasteiger partial charge in [0.1, 0.15) is 0 Å². The van der Waals surface area contributed by atoms with Crippen molar-refractivity contribution in [2.24, 2.45) is 0 Å². The van der Waals surface area contributed by atoms with Gasteiger partial charge in [0.05, 0.1) is 12.4 Å². The van der Waals surface area contributed by atoms with Crippen molar-refractivity contribution in [3.63, 3.8) is 0 Å². The first-order valence-electron chi connectivity index (χ1n) is 2.96. The maximum Gasteiger partial charge on any atom is 0.0697 e. The summed E-state index contributed by atoms with van der Waals surface area (Å²) in [5.74, 6) is 0. The molecule has 0 atom stereocenters. The zero-order valence-corrected chi connectivity index (χ0v) is 5.36. The Morgan fingerprint density at radius 3 is 3.11 bits per heavy atom. The molecular formula is C6H9N3. The van der Waals surface area contributed by atoms with Crippen LogP contribution in [-0.4, -0.2) is 15.0 Å². The van der Waals surface area contributed by atoms with Crippen molar-refractivity contribution in [1.82, 2.24) is 15.0 Å². The Kier molecular flexibility index (Phi) is 2.01. The summed E-state index contributed by atoms with van der Waals surface area (Å²) in [5.41, 5.74) is 0. The molecular weight excluding hydrogens is 114 g/mol. The molecule has 1 heterocycles. The summed E-state index contributed by atoms with van der Waals surface area (Å²) in [6, 6.07) is 0. The van der Waals surface area contributed by atoms with Gasteiger partial charge in [-0.3, -0.25) is 0 Å². The highest BCUT2D eigenvalue weighted by molar-refractivity contribution is 5.17. The number of nitrogens with zero attached hydrogens (tertiary/aromatic N) is 3. The molecule has 0 fully saturated rings. The SMILES string of the molecule is CC/C=C/n1ccnn1. The Bertz CT molecular complexity index is 176. The van der Waals surface area contributed by atoms with E-state index < -0.39 is 0 Å². The smallest absolute Gasteiger partial charge is 0.0697 e.